The number of carbonyl (C=O) groups excluding carboxylic acids is 1. The minimum atomic E-state index is 0.0538. The zero-order valence-corrected chi connectivity index (χ0v) is 14.3. The van der Waals surface area contributed by atoms with Crippen LogP contribution in [-0.2, 0) is 4.79 Å². The van der Waals surface area contributed by atoms with Crippen molar-refractivity contribution in [2.45, 2.75) is 26.7 Å². The summed E-state index contributed by atoms with van der Waals surface area (Å²) < 4.78 is 11.3. The topological polar surface area (TPSA) is 42.0 Å². The lowest BCUT2D eigenvalue weighted by Gasteiger charge is -2.33. The van der Waals surface area contributed by atoms with Crippen LogP contribution in [0.1, 0.15) is 26.7 Å². The predicted molar refractivity (Wildman–Crippen MR) is 91.0 cm³/mol. The molecule has 1 aliphatic rings. The molecule has 0 aliphatic carbocycles. The standard InChI is InChI=1S/C18H28N2O3/c1-3-5-13-22-16-7-6-8-17(14-16)23-15-18(21)20-11-9-19(4-2)10-12-20/h6-8,14H,3-5,9-13,15H2,1-2H3. The first kappa shape index (κ1) is 17.6. The van der Waals surface area contributed by atoms with Gasteiger partial charge < -0.3 is 19.3 Å². The van der Waals surface area contributed by atoms with Gasteiger partial charge in [0, 0.05) is 32.2 Å². The Morgan fingerprint density at radius 3 is 2.43 bits per heavy atom. The summed E-state index contributed by atoms with van der Waals surface area (Å²) in [5, 5.41) is 0. The van der Waals surface area contributed by atoms with E-state index in [0.29, 0.717) is 12.4 Å². The van der Waals surface area contributed by atoms with E-state index in [4.69, 9.17) is 9.47 Å². The third-order valence-corrected chi connectivity index (χ3v) is 4.11. The van der Waals surface area contributed by atoms with Crippen LogP contribution in [0.4, 0.5) is 0 Å². The molecule has 0 N–H and O–H groups in total. The minimum Gasteiger partial charge on any atom is -0.493 e. The van der Waals surface area contributed by atoms with Gasteiger partial charge in [-0.25, -0.2) is 0 Å². The second kappa shape index (κ2) is 9.40. The number of hydrogen-bond donors (Lipinski definition) is 0. The van der Waals surface area contributed by atoms with Crippen LogP contribution < -0.4 is 9.47 Å². The Kier molecular flexibility index (Phi) is 7.20. The number of unbranched alkanes of at least 4 members (excludes halogenated alkanes) is 1. The fraction of sp³-hybridized carbons (Fsp3) is 0.611. The Balaban J connectivity index is 1.76. The molecule has 0 saturated carbocycles. The summed E-state index contributed by atoms with van der Waals surface area (Å²) in [4.78, 5) is 16.4. The van der Waals surface area contributed by atoms with E-state index in [0.717, 1.165) is 51.3 Å². The van der Waals surface area contributed by atoms with Gasteiger partial charge in [0.25, 0.3) is 5.91 Å². The van der Waals surface area contributed by atoms with Crippen LogP contribution in [0, 0.1) is 0 Å². The molecule has 0 radical (unpaired) electrons. The Morgan fingerprint density at radius 1 is 1.09 bits per heavy atom. The van der Waals surface area contributed by atoms with Gasteiger partial charge in [-0.3, -0.25) is 4.79 Å². The number of piperazine rings is 1. The van der Waals surface area contributed by atoms with Crippen LogP contribution in [0.2, 0.25) is 0 Å². The molecule has 0 unspecified atom stereocenters. The number of hydrogen-bond acceptors (Lipinski definition) is 4. The van der Waals surface area contributed by atoms with Crippen LogP contribution >= 0.6 is 0 Å². The number of ether oxygens (including phenoxy) is 2. The van der Waals surface area contributed by atoms with E-state index in [9.17, 15) is 4.79 Å². The molecule has 1 heterocycles. The fourth-order valence-corrected chi connectivity index (χ4v) is 2.54. The maximum atomic E-state index is 12.2. The van der Waals surface area contributed by atoms with Gasteiger partial charge in [0.15, 0.2) is 6.61 Å². The van der Waals surface area contributed by atoms with Crippen LogP contribution in [-0.4, -0.2) is 61.6 Å². The summed E-state index contributed by atoms with van der Waals surface area (Å²) in [6, 6.07) is 7.50. The smallest absolute Gasteiger partial charge is 0.260 e. The molecule has 5 nitrogen and oxygen atoms in total. The lowest BCUT2D eigenvalue weighted by atomic mass is 10.3. The third-order valence-electron chi connectivity index (χ3n) is 4.11. The molecule has 23 heavy (non-hydrogen) atoms. The first-order valence-electron chi connectivity index (χ1n) is 8.58. The average Bonchev–Trinajstić information content (AvgIpc) is 2.60. The molecular formula is C18H28N2O3. The van der Waals surface area contributed by atoms with Crippen molar-refractivity contribution in [1.82, 2.24) is 9.80 Å². The SMILES string of the molecule is CCCCOc1cccc(OCC(=O)N2CCN(CC)CC2)c1. The molecule has 1 amide bonds. The van der Waals surface area contributed by atoms with Crippen LogP contribution in [0.5, 0.6) is 11.5 Å². The van der Waals surface area contributed by atoms with Gasteiger partial charge in [-0.1, -0.05) is 26.3 Å². The maximum Gasteiger partial charge on any atom is 0.260 e. The Hall–Kier alpha value is -1.75. The number of nitrogens with zero attached hydrogens (tertiary/aromatic N) is 2. The highest BCUT2D eigenvalue weighted by molar-refractivity contribution is 5.77. The summed E-state index contributed by atoms with van der Waals surface area (Å²) in [5.74, 6) is 1.53. The van der Waals surface area contributed by atoms with Crippen LogP contribution in [0.15, 0.2) is 24.3 Å². The first-order valence-corrected chi connectivity index (χ1v) is 8.58. The predicted octanol–water partition coefficient (Wildman–Crippen LogP) is 2.41. The molecule has 0 spiro atoms. The van der Waals surface area contributed by atoms with Gasteiger partial charge in [0.1, 0.15) is 11.5 Å². The second-order valence-corrected chi connectivity index (χ2v) is 5.78. The molecule has 0 atom stereocenters. The largest absolute Gasteiger partial charge is 0.493 e. The summed E-state index contributed by atoms with van der Waals surface area (Å²) in [6.45, 7) is 9.60. The summed E-state index contributed by atoms with van der Waals surface area (Å²) in [5.41, 5.74) is 0. The van der Waals surface area contributed by atoms with E-state index in [2.05, 4.69) is 18.7 Å². The van der Waals surface area contributed by atoms with Gasteiger partial charge in [-0.05, 0) is 25.1 Å². The van der Waals surface area contributed by atoms with Gasteiger partial charge in [0.05, 0.1) is 6.61 Å². The molecule has 1 aliphatic heterocycles. The van der Waals surface area contributed by atoms with E-state index in [1.165, 1.54) is 0 Å². The number of benzene rings is 1. The summed E-state index contributed by atoms with van der Waals surface area (Å²) in [7, 11) is 0. The highest BCUT2D eigenvalue weighted by Crippen LogP contribution is 2.19. The fourth-order valence-electron chi connectivity index (χ4n) is 2.54. The number of likely N-dealkylation sites (N-methyl/N-ethyl adjacent to an activating group) is 1. The van der Waals surface area contributed by atoms with Gasteiger partial charge in [0.2, 0.25) is 0 Å². The zero-order chi connectivity index (χ0) is 16.5. The van der Waals surface area contributed by atoms with Gasteiger partial charge in [-0.15, -0.1) is 0 Å². The van der Waals surface area contributed by atoms with E-state index >= 15 is 0 Å². The highest BCUT2D eigenvalue weighted by Gasteiger charge is 2.20. The van der Waals surface area contributed by atoms with Crippen molar-refractivity contribution in [1.29, 1.82) is 0 Å². The Bertz CT molecular complexity index is 485. The maximum absolute atomic E-state index is 12.2. The van der Waals surface area contributed by atoms with Gasteiger partial charge >= 0.3 is 0 Å². The molecule has 0 bridgehead atoms. The molecule has 5 heteroatoms. The molecule has 1 fully saturated rings. The quantitative estimate of drug-likeness (QED) is 0.690. The van der Waals surface area contributed by atoms with Gasteiger partial charge in [-0.2, -0.15) is 0 Å². The minimum absolute atomic E-state index is 0.0538. The molecule has 1 aromatic carbocycles. The summed E-state index contributed by atoms with van der Waals surface area (Å²) >= 11 is 0. The van der Waals surface area contributed by atoms with E-state index in [1.54, 1.807) is 0 Å². The van der Waals surface area contributed by atoms with Crippen molar-refractivity contribution >= 4 is 5.91 Å². The monoisotopic (exact) mass is 320 g/mol. The normalized spacial score (nSPS) is 15.5. The van der Waals surface area contributed by atoms with Crippen LogP contribution in [0.3, 0.4) is 0 Å². The molecule has 0 aromatic heterocycles. The van der Waals surface area contributed by atoms with Crippen molar-refractivity contribution < 1.29 is 14.3 Å². The molecule has 1 saturated heterocycles. The highest BCUT2D eigenvalue weighted by atomic mass is 16.5. The molecule has 128 valence electrons. The third kappa shape index (κ3) is 5.75. The van der Waals surface area contributed by atoms with Crippen molar-refractivity contribution in [3.8, 4) is 11.5 Å². The molecule has 1 aromatic rings. The van der Waals surface area contributed by atoms with E-state index < -0.39 is 0 Å². The van der Waals surface area contributed by atoms with Crippen LogP contribution in [0.25, 0.3) is 0 Å². The van der Waals surface area contributed by atoms with E-state index in [1.807, 2.05) is 29.2 Å². The lowest BCUT2D eigenvalue weighted by molar-refractivity contribution is -0.135. The number of carbonyl (C=O) groups is 1. The lowest BCUT2D eigenvalue weighted by Crippen LogP contribution is -2.49. The average molecular weight is 320 g/mol. The van der Waals surface area contributed by atoms with E-state index in [-0.39, 0.29) is 12.5 Å². The Labute approximate surface area is 139 Å². The first-order chi connectivity index (χ1) is 11.2. The Morgan fingerprint density at radius 2 is 1.78 bits per heavy atom. The van der Waals surface area contributed by atoms with Crippen molar-refractivity contribution in [3.63, 3.8) is 0 Å². The zero-order valence-electron chi connectivity index (χ0n) is 14.3. The molecule has 2 rings (SSSR count). The summed E-state index contributed by atoms with van der Waals surface area (Å²) in [6.07, 6.45) is 2.14. The second-order valence-electron chi connectivity index (χ2n) is 5.78. The number of amides is 1. The van der Waals surface area contributed by atoms with Crippen molar-refractivity contribution in [2.24, 2.45) is 0 Å². The molecular weight excluding hydrogens is 292 g/mol. The number of rotatable bonds is 8. The van der Waals surface area contributed by atoms with Crippen molar-refractivity contribution in [2.75, 3.05) is 45.9 Å². The van der Waals surface area contributed by atoms with Crippen molar-refractivity contribution in [3.05, 3.63) is 24.3 Å².